The molecule has 1 unspecified atom stereocenters. The van der Waals surface area contributed by atoms with Gasteiger partial charge in [-0.2, -0.15) is 0 Å². The first-order valence-electron chi connectivity index (χ1n) is 7.50. The van der Waals surface area contributed by atoms with Crippen molar-refractivity contribution < 1.29 is 9.35 Å². The first-order valence-corrected chi connectivity index (χ1v) is 9.42. The van der Waals surface area contributed by atoms with Crippen LogP contribution in [0.5, 0.6) is 0 Å². The number of aryl methyl sites for hydroxylation is 1. The summed E-state index contributed by atoms with van der Waals surface area (Å²) >= 11 is 0.186. The molecule has 0 bridgehead atoms. The van der Waals surface area contributed by atoms with Crippen molar-refractivity contribution in [2.75, 3.05) is 18.4 Å². The highest BCUT2D eigenvalue weighted by Crippen LogP contribution is 2.34. The van der Waals surface area contributed by atoms with E-state index in [1.54, 1.807) is 13.8 Å². The van der Waals surface area contributed by atoms with Crippen LogP contribution in [0.2, 0.25) is 0 Å². The number of hydrogen-bond acceptors (Lipinski definition) is 5. The van der Waals surface area contributed by atoms with Crippen LogP contribution in [0.3, 0.4) is 0 Å². The Morgan fingerprint density at radius 1 is 1.32 bits per heavy atom. The van der Waals surface area contributed by atoms with Gasteiger partial charge in [-0.05, 0) is 32.6 Å². The van der Waals surface area contributed by atoms with Gasteiger partial charge in [-0.3, -0.25) is 10.1 Å². The van der Waals surface area contributed by atoms with Crippen molar-refractivity contribution in [1.82, 2.24) is 9.29 Å². The molecule has 0 spiro atoms. The Morgan fingerprint density at radius 3 is 2.32 bits per heavy atom. The Labute approximate surface area is 139 Å². The van der Waals surface area contributed by atoms with Gasteiger partial charge in [0.1, 0.15) is 0 Å². The van der Waals surface area contributed by atoms with E-state index in [1.807, 2.05) is 11.2 Å². The minimum atomic E-state index is -1.31. The van der Waals surface area contributed by atoms with Crippen LogP contribution in [0.25, 0.3) is 0 Å². The Hall–Kier alpha value is -0.630. The molecule has 0 radical (unpaired) electrons. The summed E-state index contributed by atoms with van der Waals surface area (Å²) in [5.74, 6) is -0.244. The molecule has 1 aromatic heterocycles. The molecule has 5 nitrogen and oxygen atoms in total. The first-order chi connectivity index (χ1) is 10.0. The molecule has 0 saturated carbocycles. The Balaban J connectivity index is 2.11. The van der Waals surface area contributed by atoms with Gasteiger partial charge in [0, 0.05) is 18.0 Å². The molecular formula is C15H25N3O2S2. The van der Waals surface area contributed by atoms with E-state index >= 15 is 0 Å². The minimum Gasteiger partial charge on any atom is -0.597 e. The number of amides is 1. The minimum absolute atomic E-state index is 0.000693. The summed E-state index contributed by atoms with van der Waals surface area (Å²) in [5.41, 5.74) is 0.940. The normalized spacial score (nSPS) is 18.0. The average molecular weight is 344 g/mol. The predicted molar refractivity (Wildman–Crippen MR) is 92.6 cm³/mol. The highest BCUT2D eigenvalue weighted by molar-refractivity contribution is 7.91. The van der Waals surface area contributed by atoms with Crippen LogP contribution >= 0.6 is 11.3 Å². The van der Waals surface area contributed by atoms with Crippen molar-refractivity contribution in [3.8, 4) is 0 Å². The van der Waals surface area contributed by atoms with Gasteiger partial charge >= 0.3 is 0 Å². The molecule has 1 saturated heterocycles. The monoisotopic (exact) mass is 343 g/mol. The lowest BCUT2D eigenvalue weighted by molar-refractivity contribution is -0.118. The summed E-state index contributed by atoms with van der Waals surface area (Å²) in [5, 5.41) is 3.43. The molecule has 1 aromatic rings. The lowest BCUT2D eigenvalue weighted by atomic mass is 9.94. The molecule has 1 aliphatic heterocycles. The number of nitrogens with zero attached hydrogens (tertiary/aromatic N) is 2. The summed E-state index contributed by atoms with van der Waals surface area (Å²) in [4.78, 5) is 18.1. The Morgan fingerprint density at radius 2 is 1.91 bits per heavy atom. The number of anilines is 1. The van der Waals surface area contributed by atoms with E-state index in [4.69, 9.17) is 0 Å². The third-order valence-corrected chi connectivity index (χ3v) is 7.12. The molecule has 7 heteroatoms. The molecule has 22 heavy (non-hydrogen) atoms. The van der Waals surface area contributed by atoms with Crippen molar-refractivity contribution in [2.45, 2.75) is 58.1 Å². The zero-order chi connectivity index (χ0) is 16.7. The van der Waals surface area contributed by atoms with E-state index in [-0.39, 0.29) is 11.3 Å². The SMILES string of the molecule is Cc1nc(NC(=O)C(C)(C)[S+]([O-])N2CCC2)sc1C(C)(C)C. The lowest BCUT2D eigenvalue weighted by Crippen LogP contribution is -2.55. The third kappa shape index (κ3) is 3.48. The smallest absolute Gasteiger partial charge is 0.283 e. The maximum absolute atomic E-state index is 12.5. The Kier molecular flexibility index (Phi) is 4.92. The molecular weight excluding hydrogens is 318 g/mol. The maximum atomic E-state index is 12.5. The van der Waals surface area contributed by atoms with Gasteiger partial charge < -0.3 is 4.55 Å². The van der Waals surface area contributed by atoms with E-state index in [1.165, 1.54) is 11.3 Å². The quantitative estimate of drug-likeness (QED) is 0.854. The summed E-state index contributed by atoms with van der Waals surface area (Å²) in [6.07, 6.45) is 1.05. The fourth-order valence-corrected chi connectivity index (χ4v) is 4.71. The second-order valence-electron chi connectivity index (χ2n) is 7.18. The van der Waals surface area contributed by atoms with Crippen LogP contribution in [0.1, 0.15) is 51.6 Å². The number of carbonyl (C=O) groups is 1. The van der Waals surface area contributed by atoms with E-state index < -0.39 is 16.1 Å². The van der Waals surface area contributed by atoms with Gasteiger partial charge in [-0.1, -0.05) is 20.8 Å². The highest BCUT2D eigenvalue weighted by atomic mass is 32.2. The highest BCUT2D eigenvalue weighted by Gasteiger charge is 2.46. The van der Waals surface area contributed by atoms with Crippen LogP contribution in [0.4, 0.5) is 5.13 Å². The largest absolute Gasteiger partial charge is 0.597 e. The molecule has 1 N–H and O–H groups in total. The van der Waals surface area contributed by atoms with Gasteiger partial charge in [0.2, 0.25) is 4.75 Å². The van der Waals surface area contributed by atoms with Gasteiger partial charge in [-0.15, -0.1) is 15.6 Å². The Bertz CT molecular complexity index is 560. The van der Waals surface area contributed by atoms with E-state index in [9.17, 15) is 9.35 Å². The number of aromatic nitrogens is 1. The standard InChI is InChI=1S/C15H25N3O2S2/c1-10-11(14(2,3)4)21-13(16-10)17-12(19)15(5,6)22(20)18-8-7-9-18/h7-9H2,1-6H3,(H,16,17,19). The zero-order valence-corrected chi connectivity index (χ0v) is 15.8. The molecule has 1 atom stereocenters. The number of hydrogen-bond donors (Lipinski definition) is 1. The van der Waals surface area contributed by atoms with Crippen molar-refractivity contribution >= 4 is 33.7 Å². The third-order valence-electron chi connectivity index (χ3n) is 3.73. The lowest BCUT2D eigenvalue weighted by Gasteiger charge is -2.37. The molecule has 1 fully saturated rings. The number of thiazole rings is 1. The molecule has 124 valence electrons. The van der Waals surface area contributed by atoms with E-state index in [2.05, 4.69) is 31.1 Å². The molecule has 2 heterocycles. The van der Waals surface area contributed by atoms with Crippen LogP contribution < -0.4 is 5.32 Å². The summed E-state index contributed by atoms with van der Waals surface area (Å²) in [6, 6.07) is 0. The van der Waals surface area contributed by atoms with Crippen molar-refractivity contribution in [1.29, 1.82) is 0 Å². The number of nitrogens with one attached hydrogen (secondary N) is 1. The van der Waals surface area contributed by atoms with Crippen LogP contribution in [0, 0.1) is 6.92 Å². The van der Waals surface area contributed by atoms with E-state index in [0.717, 1.165) is 30.1 Å². The molecule has 0 aromatic carbocycles. The summed E-state index contributed by atoms with van der Waals surface area (Å²) in [6.45, 7) is 13.4. The maximum Gasteiger partial charge on any atom is 0.283 e. The molecule has 0 aliphatic carbocycles. The van der Waals surface area contributed by atoms with Gasteiger partial charge in [-0.25, -0.2) is 4.98 Å². The van der Waals surface area contributed by atoms with E-state index in [0.29, 0.717) is 5.13 Å². The first kappa shape index (κ1) is 17.7. The van der Waals surface area contributed by atoms with Crippen LogP contribution in [-0.4, -0.2) is 37.6 Å². The fraction of sp³-hybridized carbons (Fsp3) is 0.733. The average Bonchev–Trinajstić information content (AvgIpc) is 2.67. The molecule has 1 aliphatic rings. The molecule has 2 rings (SSSR count). The van der Waals surface area contributed by atoms with Gasteiger partial charge in [0.05, 0.1) is 17.1 Å². The van der Waals surface area contributed by atoms with Gasteiger partial charge in [0.25, 0.3) is 5.91 Å². The molecule has 1 amide bonds. The topological polar surface area (TPSA) is 68.3 Å². The second kappa shape index (κ2) is 6.11. The van der Waals surface area contributed by atoms with Crippen molar-refractivity contribution in [2.24, 2.45) is 0 Å². The van der Waals surface area contributed by atoms with Gasteiger partial charge in [0.15, 0.2) is 5.13 Å². The summed E-state index contributed by atoms with van der Waals surface area (Å²) in [7, 11) is 0. The van der Waals surface area contributed by atoms with Crippen LogP contribution in [-0.2, 0) is 21.6 Å². The van der Waals surface area contributed by atoms with Crippen molar-refractivity contribution in [3.05, 3.63) is 10.6 Å². The zero-order valence-electron chi connectivity index (χ0n) is 14.1. The number of carbonyl (C=O) groups excluding carboxylic acids is 1. The number of rotatable bonds is 4. The van der Waals surface area contributed by atoms with Crippen molar-refractivity contribution in [3.63, 3.8) is 0 Å². The predicted octanol–water partition coefficient (Wildman–Crippen LogP) is 2.84. The summed E-state index contributed by atoms with van der Waals surface area (Å²) < 4.78 is 13.4. The fourth-order valence-electron chi connectivity index (χ4n) is 2.25. The second-order valence-corrected chi connectivity index (χ2v) is 10.2. The van der Waals surface area contributed by atoms with Crippen LogP contribution in [0.15, 0.2) is 0 Å².